The van der Waals surface area contributed by atoms with Gasteiger partial charge in [-0.2, -0.15) is 0 Å². The van der Waals surface area contributed by atoms with E-state index < -0.39 is 12.1 Å². The molecule has 1 aliphatic heterocycles. The van der Waals surface area contributed by atoms with Gasteiger partial charge in [-0.3, -0.25) is 9.69 Å². The van der Waals surface area contributed by atoms with Crippen molar-refractivity contribution in [2.24, 2.45) is 0 Å². The summed E-state index contributed by atoms with van der Waals surface area (Å²) >= 11 is 12.3. The first-order chi connectivity index (χ1) is 20.3. The number of hydrogen-bond donors (Lipinski definition) is 2. The zero-order chi connectivity index (χ0) is 29.4. The van der Waals surface area contributed by atoms with Crippen molar-refractivity contribution < 1.29 is 18.7 Å². The standard InChI is InChI=1S/C33H26Cl2FN3O3/c1-42-24-6-4-5-20(15-24)32-31-28(16-21(17-30(31)40)19-9-11-22(36)12-10-19)38-27-7-2-3-8-29(27)39(32)33(41)37-23-13-14-25(34)26(35)18-23/h2-15,18,21,32,38H,16-17H2,1H3,(H,37,41)/t21-,32-/m1/s1. The molecule has 6 nitrogen and oxygen atoms in total. The summed E-state index contributed by atoms with van der Waals surface area (Å²) in [6.45, 7) is 0. The number of Topliss-reactive ketones (excluding diaryl/α,β-unsaturated/α-hetero) is 1. The van der Waals surface area contributed by atoms with Crippen LogP contribution >= 0.6 is 23.2 Å². The van der Waals surface area contributed by atoms with Crippen LogP contribution in [-0.4, -0.2) is 18.9 Å². The fourth-order valence-electron chi connectivity index (χ4n) is 5.67. The van der Waals surface area contributed by atoms with Gasteiger partial charge in [0, 0.05) is 23.4 Å². The van der Waals surface area contributed by atoms with Crippen molar-refractivity contribution in [2.75, 3.05) is 22.6 Å². The number of anilines is 3. The van der Waals surface area contributed by atoms with Crippen LogP contribution < -0.4 is 20.3 Å². The highest BCUT2D eigenvalue weighted by Crippen LogP contribution is 2.48. The second kappa shape index (κ2) is 11.5. The molecule has 42 heavy (non-hydrogen) atoms. The Labute approximate surface area is 252 Å². The summed E-state index contributed by atoms with van der Waals surface area (Å²) < 4.78 is 19.2. The highest BCUT2D eigenvalue weighted by Gasteiger charge is 2.42. The summed E-state index contributed by atoms with van der Waals surface area (Å²) in [7, 11) is 1.57. The minimum absolute atomic E-state index is 0.106. The minimum atomic E-state index is -0.782. The Morgan fingerprint density at radius 3 is 2.48 bits per heavy atom. The normalized spacial score (nSPS) is 18.0. The Hall–Kier alpha value is -4.33. The van der Waals surface area contributed by atoms with Crippen molar-refractivity contribution in [1.29, 1.82) is 0 Å². The molecule has 2 atom stereocenters. The van der Waals surface area contributed by atoms with Gasteiger partial charge < -0.3 is 15.4 Å². The molecule has 0 saturated carbocycles. The van der Waals surface area contributed by atoms with Crippen LogP contribution in [0.4, 0.5) is 26.2 Å². The van der Waals surface area contributed by atoms with Crippen LogP contribution in [0.1, 0.15) is 35.9 Å². The maximum atomic E-state index is 14.2. The smallest absolute Gasteiger partial charge is 0.327 e. The lowest BCUT2D eigenvalue weighted by Gasteiger charge is -2.35. The summed E-state index contributed by atoms with van der Waals surface area (Å²) in [4.78, 5) is 30.0. The molecule has 0 bridgehead atoms. The Morgan fingerprint density at radius 1 is 0.929 bits per heavy atom. The lowest BCUT2D eigenvalue weighted by molar-refractivity contribution is -0.116. The first-order valence-electron chi connectivity index (χ1n) is 13.4. The molecule has 4 aromatic rings. The number of hydrogen-bond acceptors (Lipinski definition) is 4. The number of carbonyl (C=O) groups excluding carboxylic acids is 2. The van der Waals surface area contributed by atoms with E-state index in [-0.39, 0.29) is 23.9 Å². The Kier molecular flexibility index (Phi) is 7.62. The van der Waals surface area contributed by atoms with E-state index >= 15 is 0 Å². The van der Waals surface area contributed by atoms with Crippen LogP contribution in [0, 0.1) is 5.82 Å². The third-order valence-electron chi connectivity index (χ3n) is 7.63. The molecule has 0 saturated heterocycles. The predicted molar refractivity (Wildman–Crippen MR) is 164 cm³/mol. The van der Waals surface area contributed by atoms with Gasteiger partial charge in [0.05, 0.1) is 34.6 Å². The topological polar surface area (TPSA) is 70.7 Å². The maximum absolute atomic E-state index is 14.2. The lowest BCUT2D eigenvalue weighted by atomic mass is 9.78. The van der Waals surface area contributed by atoms with Gasteiger partial charge in [-0.05, 0) is 78.1 Å². The van der Waals surface area contributed by atoms with Gasteiger partial charge in [-0.25, -0.2) is 9.18 Å². The summed E-state index contributed by atoms with van der Waals surface area (Å²) in [6.07, 6.45) is 0.717. The van der Waals surface area contributed by atoms with Crippen molar-refractivity contribution in [3.63, 3.8) is 0 Å². The van der Waals surface area contributed by atoms with Crippen molar-refractivity contribution in [3.05, 3.63) is 129 Å². The van der Waals surface area contributed by atoms with Gasteiger partial charge in [0.25, 0.3) is 0 Å². The van der Waals surface area contributed by atoms with E-state index in [0.29, 0.717) is 56.1 Å². The molecule has 0 aromatic heterocycles. The van der Waals surface area contributed by atoms with E-state index in [1.165, 1.54) is 12.1 Å². The number of ketones is 1. The molecule has 2 amide bonds. The lowest BCUT2D eigenvalue weighted by Crippen LogP contribution is -2.41. The number of halogens is 3. The van der Waals surface area contributed by atoms with Gasteiger partial charge in [0.2, 0.25) is 0 Å². The zero-order valence-corrected chi connectivity index (χ0v) is 24.0. The van der Waals surface area contributed by atoms with Crippen molar-refractivity contribution in [2.45, 2.75) is 24.8 Å². The summed E-state index contributed by atoms with van der Waals surface area (Å²) in [5, 5.41) is 7.10. The molecule has 2 N–H and O–H groups in total. The highest BCUT2D eigenvalue weighted by atomic mass is 35.5. The summed E-state index contributed by atoms with van der Waals surface area (Å²) in [5.41, 5.74) is 4.50. The molecule has 9 heteroatoms. The van der Waals surface area contributed by atoms with Crippen LogP contribution in [-0.2, 0) is 4.79 Å². The third-order valence-corrected chi connectivity index (χ3v) is 8.37. The molecule has 6 rings (SSSR count). The minimum Gasteiger partial charge on any atom is -0.497 e. The Balaban J connectivity index is 1.51. The molecule has 0 radical (unpaired) electrons. The maximum Gasteiger partial charge on any atom is 0.327 e. The van der Waals surface area contributed by atoms with Crippen LogP contribution in [0.15, 0.2) is 102 Å². The van der Waals surface area contributed by atoms with Gasteiger partial charge >= 0.3 is 6.03 Å². The number of allylic oxidation sites excluding steroid dienone is 1. The second-order valence-electron chi connectivity index (χ2n) is 10.2. The first-order valence-corrected chi connectivity index (χ1v) is 14.1. The van der Waals surface area contributed by atoms with E-state index in [1.54, 1.807) is 42.3 Å². The quantitative estimate of drug-likeness (QED) is 0.245. The van der Waals surface area contributed by atoms with E-state index in [0.717, 1.165) is 5.56 Å². The van der Waals surface area contributed by atoms with Crippen LogP contribution in [0.5, 0.6) is 5.75 Å². The largest absolute Gasteiger partial charge is 0.497 e. The number of methoxy groups -OCH3 is 1. The molecule has 212 valence electrons. The first kappa shape index (κ1) is 27.8. The monoisotopic (exact) mass is 601 g/mol. The summed E-state index contributed by atoms with van der Waals surface area (Å²) in [5.74, 6) is 0.00607. The highest BCUT2D eigenvalue weighted by molar-refractivity contribution is 6.42. The molecule has 2 aliphatic rings. The van der Waals surface area contributed by atoms with Crippen molar-refractivity contribution in [3.8, 4) is 5.75 Å². The van der Waals surface area contributed by atoms with E-state index in [9.17, 15) is 14.0 Å². The second-order valence-corrected chi connectivity index (χ2v) is 11.0. The molecular formula is C33H26Cl2FN3O3. The van der Waals surface area contributed by atoms with Gasteiger partial charge in [0.15, 0.2) is 5.78 Å². The van der Waals surface area contributed by atoms with Crippen LogP contribution in [0.3, 0.4) is 0 Å². The van der Waals surface area contributed by atoms with Gasteiger partial charge in [-0.1, -0.05) is 59.6 Å². The third kappa shape index (κ3) is 5.33. The number of amides is 2. The average molecular weight is 602 g/mol. The number of nitrogens with zero attached hydrogens (tertiary/aromatic N) is 1. The van der Waals surface area contributed by atoms with Crippen molar-refractivity contribution >= 4 is 52.1 Å². The molecule has 1 heterocycles. The molecule has 1 aliphatic carbocycles. The number of urea groups is 1. The number of rotatable bonds is 4. The number of para-hydroxylation sites is 2. The average Bonchev–Trinajstić information content (AvgIpc) is 3.14. The number of fused-ring (bicyclic) bond motifs is 1. The van der Waals surface area contributed by atoms with E-state index in [2.05, 4.69) is 10.6 Å². The van der Waals surface area contributed by atoms with Crippen LogP contribution in [0.2, 0.25) is 10.0 Å². The van der Waals surface area contributed by atoms with Crippen LogP contribution in [0.25, 0.3) is 0 Å². The number of nitrogens with one attached hydrogen (secondary N) is 2. The van der Waals surface area contributed by atoms with Crippen molar-refractivity contribution in [1.82, 2.24) is 0 Å². The fraction of sp³-hybridized carbons (Fsp3) is 0.152. The van der Waals surface area contributed by atoms with E-state index in [4.69, 9.17) is 27.9 Å². The number of benzene rings is 4. The molecule has 0 fully saturated rings. The molecule has 4 aromatic carbocycles. The molecule has 0 unspecified atom stereocenters. The Morgan fingerprint density at radius 2 is 1.71 bits per heavy atom. The summed E-state index contributed by atoms with van der Waals surface area (Å²) in [6, 6.07) is 24.7. The zero-order valence-electron chi connectivity index (χ0n) is 22.5. The van der Waals surface area contributed by atoms with Gasteiger partial charge in [-0.15, -0.1) is 0 Å². The van der Waals surface area contributed by atoms with Gasteiger partial charge in [0.1, 0.15) is 11.6 Å². The van der Waals surface area contributed by atoms with E-state index in [1.807, 2.05) is 48.5 Å². The SMILES string of the molecule is COc1cccc([C@@H]2C3=C(C[C@@H](c4ccc(F)cc4)CC3=O)Nc3ccccc3N2C(=O)Nc2ccc(Cl)c(Cl)c2)c1. The molecular weight excluding hydrogens is 576 g/mol. The Bertz CT molecular complexity index is 1720. The predicted octanol–water partition coefficient (Wildman–Crippen LogP) is 8.75. The molecule has 0 spiro atoms. The fourth-order valence-corrected chi connectivity index (χ4v) is 5.97. The number of carbonyl (C=O) groups is 2. The number of ether oxygens (including phenoxy) is 1.